The molecule has 1 saturated carbocycles. The first-order valence-corrected chi connectivity index (χ1v) is 17.3. The van der Waals surface area contributed by atoms with E-state index in [0.29, 0.717) is 6.54 Å². The zero-order valence-electron chi connectivity index (χ0n) is 28.5. The van der Waals surface area contributed by atoms with Crippen LogP contribution < -0.4 is 0 Å². The van der Waals surface area contributed by atoms with E-state index in [0.717, 1.165) is 107 Å². The van der Waals surface area contributed by atoms with Gasteiger partial charge < -0.3 is 19.8 Å². The molecule has 5 aromatic rings. The molecule has 10 nitrogen and oxygen atoms in total. The number of carbonyl (C=O) groups is 2. The number of ether oxygens (including phenoxy) is 1. The fourth-order valence-corrected chi connectivity index (χ4v) is 7.76. The minimum absolute atomic E-state index is 0.203. The van der Waals surface area contributed by atoms with Crippen LogP contribution in [0.4, 0.5) is 9.59 Å². The van der Waals surface area contributed by atoms with E-state index in [1.807, 2.05) is 33.9 Å². The molecule has 2 fully saturated rings. The summed E-state index contributed by atoms with van der Waals surface area (Å²) in [4.78, 5) is 44.8. The third-order valence-electron chi connectivity index (χ3n) is 10.6. The van der Waals surface area contributed by atoms with E-state index in [1.165, 1.54) is 10.5 Å². The molecule has 1 saturated heterocycles. The number of imidazole rings is 2. The van der Waals surface area contributed by atoms with Gasteiger partial charge in [0.25, 0.3) is 0 Å². The van der Waals surface area contributed by atoms with Gasteiger partial charge in [-0.25, -0.2) is 19.6 Å². The second-order valence-electron chi connectivity index (χ2n) is 14.8. The molecule has 49 heavy (non-hydrogen) atoms. The van der Waals surface area contributed by atoms with E-state index in [2.05, 4.69) is 64.6 Å². The van der Waals surface area contributed by atoms with Crippen molar-refractivity contribution in [2.45, 2.75) is 82.9 Å². The summed E-state index contributed by atoms with van der Waals surface area (Å²) < 4.78 is 5.69. The van der Waals surface area contributed by atoms with Gasteiger partial charge in [-0.15, -0.1) is 0 Å². The van der Waals surface area contributed by atoms with E-state index in [4.69, 9.17) is 14.7 Å². The summed E-state index contributed by atoms with van der Waals surface area (Å²) in [6, 6.07) is 21.3. The molecule has 0 radical (unpaired) electrons. The number of hydrogen-bond donors (Lipinski definition) is 3. The van der Waals surface area contributed by atoms with Gasteiger partial charge in [0.15, 0.2) is 0 Å². The number of carboxylic acid groups (broad SMARTS) is 1. The van der Waals surface area contributed by atoms with Crippen LogP contribution in [0.3, 0.4) is 0 Å². The fourth-order valence-electron chi connectivity index (χ4n) is 7.76. The highest BCUT2D eigenvalue weighted by Gasteiger charge is 2.48. The van der Waals surface area contributed by atoms with Crippen molar-refractivity contribution in [2.75, 3.05) is 13.6 Å². The van der Waals surface area contributed by atoms with Crippen LogP contribution >= 0.6 is 0 Å². The summed E-state index contributed by atoms with van der Waals surface area (Å²) in [6.07, 6.45) is 4.88. The SMILES string of the molecule is CN(C(=O)OC(C)(C)C)C1(c2nc3ccc(-c4ccc(-c5ccc6c(c5)CCc5nc(C7CCCN7C(=O)O)[nH]c5-6)cc4)cc3[nH]2)CCC1. The monoisotopic (exact) mass is 658 g/mol. The van der Waals surface area contributed by atoms with Crippen LogP contribution in [0, 0.1) is 0 Å². The van der Waals surface area contributed by atoms with Crippen molar-refractivity contribution in [3.63, 3.8) is 0 Å². The maximum absolute atomic E-state index is 13.0. The number of H-pyrrole nitrogens is 2. The van der Waals surface area contributed by atoms with Crippen LogP contribution in [0.2, 0.25) is 0 Å². The molecule has 10 heteroatoms. The van der Waals surface area contributed by atoms with Crippen LogP contribution in [-0.2, 0) is 23.1 Å². The number of aryl methyl sites for hydroxylation is 2. The predicted molar refractivity (Wildman–Crippen MR) is 188 cm³/mol. The van der Waals surface area contributed by atoms with Crippen molar-refractivity contribution in [3.8, 4) is 33.5 Å². The molecule has 0 spiro atoms. The van der Waals surface area contributed by atoms with Crippen LogP contribution in [0.5, 0.6) is 0 Å². The Morgan fingerprint density at radius 1 is 0.918 bits per heavy atom. The normalized spacial score (nSPS) is 18.1. The summed E-state index contributed by atoms with van der Waals surface area (Å²) in [5, 5.41) is 9.63. The maximum Gasteiger partial charge on any atom is 0.410 e. The minimum atomic E-state index is -0.883. The van der Waals surface area contributed by atoms with Crippen LogP contribution in [-0.4, -0.2) is 66.2 Å². The molecule has 252 valence electrons. The number of hydrogen-bond acceptors (Lipinski definition) is 5. The van der Waals surface area contributed by atoms with E-state index in [1.54, 1.807) is 4.90 Å². The highest BCUT2D eigenvalue weighted by Crippen LogP contribution is 2.46. The van der Waals surface area contributed by atoms with Crippen molar-refractivity contribution in [1.29, 1.82) is 0 Å². The Morgan fingerprint density at radius 2 is 1.61 bits per heavy atom. The van der Waals surface area contributed by atoms with Crippen LogP contribution in [0.25, 0.3) is 44.5 Å². The first-order valence-electron chi connectivity index (χ1n) is 17.3. The van der Waals surface area contributed by atoms with Gasteiger partial charge in [-0.2, -0.15) is 0 Å². The van der Waals surface area contributed by atoms with Crippen molar-refractivity contribution >= 4 is 23.2 Å². The van der Waals surface area contributed by atoms with Crippen molar-refractivity contribution in [1.82, 2.24) is 29.7 Å². The van der Waals surface area contributed by atoms with Crippen LogP contribution in [0.1, 0.15) is 81.8 Å². The molecule has 3 N–H and O–H groups in total. The molecule has 8 rings (SSSR count). The lowest BCUT2D eigenvalue weighted by Crippen LogP contribution is -2.53. The number of carbonyl (C=O) groups excluding carboxylic acids is 1. The zero-order chi connectivity index (χ0) is 34.1. The zero-order valence-corrected chi connectivity index (χ0v) is 28.5. The average molecular weight is 659 g/mol. The predicted octanol–water partition coefficient (Wildman–Crippen LogP) is 8.45. The van der Waals surface area contributed by atoms with Gasteiger partial charge in [-0.3, -0.25) is 9.80 Å². The number of likely N-dealkylation sites (tertiary alicyclic amines) is 1. The lowest BCUT2D eigenvalue weighted by molar-refractivity contribution is -0.0212. The van der Waals surface area contributed by atoms with E-state index < -0.39 is 17.2 Å². The number of nitrogens with one attached hydrogen (secondary N) is 2. The standard InChI is InChI=1S/C39H42N6O4/c1-38(2,3)49-37(48)44(4)39(18-6-19-39)35-41-29-16-13-26(22-31(29)42-35)24-10-8-23(9-11-24)25-12-15-28-27(21-25)14-17-30-33(28)43-34(40-30)32-7-5-20-45(32)36(46)47/h8-13,15-16,21-22,32H,5-7,14,17-20H2,1-4H3,(H,40,43)(H,41,42)(H,46,47). The molecule has 1 atom stereocenters. The second-order valence-corrected chi connectivity index (χ2v) is 14.8. The van der Waals surface area contributed by atoms with Gasteiger partial charge in [0.05, 0.1) is 28.5 Å². The molecule has 2 amide bonds. The van der Waals surface area contributed by atoms with Gasteiger partial charge in [0, 0.05) is 19.2 Å². The number of rotatable bonds is 5. The van der Waals surface area contributed by atoms with Gasteiger partial charge in [0.2, 0.25) is 0 Å². The Balaban J connectivity index is 1.02. The Kier molecular flexibility index (Phi) is 7.31. The van der Waals surface area contributed by atoms with Crippen molar-refractivity contribution in [3.05, 3.63) is 83.6 Å². The summed E-state index contributed by atoms with van der Waals surface area (Å²) in [5.74, 6) is 1.57. The fraction of sp³-hybridized carbons (Fsp3) is 0.385. The molecule has 1 unspecified atom stereocenters. The Hall–Kier alpha value is -5.12. The van der Waals surface area contributed by atoms with Gasteiger partial charge in [-0.1, -0.05) is 48.5 Å². The topological polar surface area (TPSA) is 127 Å². The van der Waals surface area contributed by atoms with Gasteiger partial charge >= 0.3 is 12.2 Å². The first-order chi connectivity index (χ1) is 23.5. The Morgan fingerprint density at radius 3 is 2.29 bits per heavy atom. The van der Waals surface area contributed by atoms with E-state index in [9.17, 15) is 14.7 Å². The number of nitrogens with zero attached hydrogens (tertiary/aromatic N) is 4. The number of benzene rings is 3. The number of aromatic amines is 2. The Bertz CT molecular complexity index is 2080. The summed E-state index contributed by atoms with van der Waals surface area (Å²) in [5.41, 5.74) is 9.75. The van der Waals surface area contributed by atoms with E-state index >= 15 is 0 Å². The van der Waals surface area contributed by atoms with Gasteiger partial charge in [-0.05, 0) is 106 Å². The molecular formula is C39H42N6O4. The highest BCUT2D eigenvalue weighted by molar-refractivity contribution is 5.83. The van der Waals surface area contributed by atoms with Gasteiger partial charge in [0.1, 0.15) is 22.8 Å². The third-order valence-corrected chi connectivity index (χ3v) is 10.6. The lowest BCUT2D eigenvalue weighted by Gasteiger charge is -2.46. The smallest absolute Gasteiger partial charge is 0.410 e. The number of amides is 2. The largest absolute Gasteiger partial charge is 0.465 e. The van der Waals surface area contributed by atoms with Crippen molar-refractivity contribution < 1.29 is 19.4 Å². The van der Waals surface area contributed by atoms with E-state index in [-0.39, 0.29) is 12.1 Å². The lowest BCUT2D eigenvalue weighted by atomic mass is 9.75. The summed E-state index contributed by atoms with van der Waals surface area (Å²) >= 11 is 0. The number of fused-ring (bicyclic) bond motifs is 4. The molecule has 3 aromatic carbocycles. The highest BCUT2D eigenvalue weighted by atomic mass is 16.6. The molecule has 3 heterocycles. The average Bonchev–Trinajstić information content (AvgIpc) is 3.81. The first kappa shape index (κ1) is 31.2. The summed E-state index contributed by atoms with van der Waals surface area (Å²) in [6.45, 7) is 6.21. The summed E-state index contributed by atoms with van der Waals surface area (Å²) in [7, 11) is 1.81. The minimum Gasteiger partial charge on any atom is -0.465 e. The molecule has 3 aliphatic rings. The molecule has 1 aliphatic heterocycles. The maximum atomic E-state index is 13.0. The molecule has 2 aromatic heterocycles. The van der Waals surface area contributed by atoms with Crippen molar-refractivity contribution in [2.24, 2.45) is 0 Å². The second kappa shape index (κ2) is 11.5. The van der Waals surface area contributed by atoms with Crippen LogP contribution in [0.15, 0.2) is 60.7 Å². The third kappa shape index (κ3) is 5.43. The molecule has 2 aliphatic carbocycles. The molecular weight excluding hydrogens is 616 g/mol. The number of aromatic nitrogens is 4. The molecule has 0 bridgehead atoms. The quantitative estimate of drug-likeness (QED) is 0.174. The Labute approximate surface area is 285 Å².